The van der Waals surface area contributed by atoms with Gasteiger partial charge in [-0.25, -0.2) is 15.0 Å². The number of nitrogens with zero attached hydrogens (tertiary/aromatic N) is 3. The zero-order valence-electron chi connectivity index (χ0n) is 16.1. The van der Waals surface area contributed by atoms with Gasteiger partial charge in [-0.1, -0.05) is 30.3 Å². The predicted octanol–water partition coefficient (Wildman–Crippen LogP) is 2.75. The van der Waals surface area contributed by atoms with Gasteiger partial charge in [-0.2, -0.15) is 0 Å². The van der Waals surface area contributed by atoms with Gasteiger partial charge in [0.15, 0.2) is 5.69 Å². The molecule has 0 aliphatic heterocycles. The first-order valence-electron chi connectivity index (χ1n) is 9.51. The number of carbonyl (C=O) groups is 2. The number of hydrogen-bond donors (Lipinski definition) is 3. The van der Waals surface area contributed by atoms with Crippen LogP contribution in [0.15, 0.2) is 67.3 Å². The molecule has 2 amide bonds. The Bertz CT molecular complexity index is 1100. The van der Waals surface area contributed by atoms with E-state index in [4.69, 9.17) is 5.73 Å². The number of nitrogens with one attached hydrogen (secondary N) is 2. The normalized spacial score (nSPS) is 13.5. The fourth-order valence-electron chi connectivity index (χ4n) is 2.94. The minimum Gasteiger partial charge on any atom is -0.398 e. The topological polar surface area (TPSA) is 123 Å². The van der Waals surface area contributed by atoms with Gasteiger partial charge in [0.2, 0.25) is 0 Å². The summed E-state index contributed by atoms with van der Waals surface area (Å²) in [5, 5.41) is 5.42. The van der Waals surface area contributed by atoms with Crippen LogP contribution in [0.25, 0.3) is 5.70 Å². The average molecular weight is 400 g/mol. The van der Waals surface area contributed by atoms with Gasteiger partial charge in [-0.15, -0.1) is 0 Å². The fraction of sp³-hybridized carbons (Fsp3) is 0.136. The molecule has 8 nitrogen and oxygen atoms in total. The third kappa shape index (κ3) is 4.67. The quantitative estimate of drug-likeness (QED) is 0.544. The van der Waals surface area contributed by atoms with Crippen LogP contribution in [-0.4, -0.2) is 26.8 Å². The van der Waals surface area contributed by atoms with Crippen LogP contribution in [0.5, 0.6) is 0 Å². The molecule has 150 valence electrons. The van der Waals surface area contributed by atoms with Crippen molar-refractivity contribution in [3.8, 4) is 0 Å². The molecule has 1 saturated carbocycles. The molecule has 4 N–H and O–H groups in total. The van der Waals surface area contributed by atoms with Crippen molar-refractivity contribution in [3.05, 3.63) is 84.2 Å². The Morgan fingerprint density at radius 2 is 1.77 bits per heavy atom. The van der Waals surface area contributed by atoms with Crippen LogP contribution in [0.4, 0.5) is 11.4 Å². The molecule has 0 unspecified atom stereocenters. The van der Waals surface area contributed by atoms with E-state index in [1.807, 2.05) is 24.3 Å². The second kappa shape index (κ2) is 8.52. The van der Waals surface area contributed by atoms with E-state index in [0.717, 1.165) is 18.5 Å². The SMILES string of the molecule is NC(=CC(=O)NC(=O)c1nc(C2CC2)ccc1Nc1cncnc1)c1ccccc1. The number of pyridine rings is 1. The van der Waals surface area contributed by atoms with Crippen LogP contribution in [0.3, 0.4) is 0 Å². The van der Waals surface area contributed by atoms with Gasteiger partial charge in [0.05, 0.1) is 23.8 Å². The van der Waals surface area contributed by atoms with Crippen LogP contribution < -0.4 is 16.4 Å². The van der Waals surface area contributed by atoms with E-state index in [2.05, 4.69) is 25.6 Å². The molecule has 1 fully saturated rings. The zero-order chi connectivity index (χ0) is 20.9. The lowest BCUT2D eigenvalue weighted by molar-refractivity contribution is -0.115. The van der Waals surface area contributed by atoms with E-state index in [1.165, 1.54) is 12.4 Å². The summed E-state index contributed by atoms with van der Waals surface area (Å²) in [7, 11) is 0. The van der Waals surface area contributed by atoms with Gasteiger partial charge in [-0.3, -0.25) is 14.9 Å². The zero-order valence-corrected chi connectivity index (χ0v) is 16.1. The lowest BCUT2D eigenvalue weighted by atomic mass is 10.1. The van der Waals surface area contributed by atoms with Gasteiger partial charge in [0.25, 0.3) is 11.8 Å². The van der Waals surface area contributed by atoms with Crippen LogP contribution in [-0.2, 0) is 4.79 Å². The average Bonchev–Trinajstić information content (AvgIpc) is 3.60. The number of hydrogen-bond acceptors (Lipinski definition) is 7. The largest absolute Gasteiger partial charge is 0.398 e. The molecular weight excluding hydrogens is 380 g/mol. The highest BCUT2D eigenvalue weighted by Gasteiger charge is 2.27. The monoisotopic (exact) mass is 400 g/mol. The van der Waals surface area contributed by atoms with Gasteiger partial charge in [0, 0.05) is 23.4 Å². The van der Waals surface area contributed by atoms with Crippen molar-refractivity contribution < 1.29 is 9.59 Å². The summed E-state index contributed by atoms with van der Waals surface area (Å²) in [6.45, 7) is 0. The highest BCUT2D eigenvalue weighted by atomic mass is 16.2. The molecule has 8 heteroatoms. The number of nitrogens with two attached hydrogens (primary N) is 1. The third-order valence-corrected chi connectivity index (χ3v) is 4.60. The molecule has 2 aromatic heterocycles. The molecule has 30 heavy (non-hydrogen) atoms. The molecule has 3 aromatic rings. The van der Waals surface area contributed by atoms with E-state index < -0.39 is 11.8 Å². The summed E-state index contributed by atoms with van der Waals surface area (Å²) >= 11 is 0. The van der Waals surface area contributed by atoms with Crippen LogP contribution in [0, 0.1) is 0 Å². The van der Waals surface area contributed by atoms with Crippen LogP contribution in [0.2, 0.25) is 0 Å². The second-order valence-corrected chi connectivity index (χ2v) is 6.94. The maximum Gasteiger partial charge on any atom is 0.278 e. The van der Waals surface area contributed by atoms with Crippen molar-refractivity contribution in [3.63, 3.8) is 0 Å². The summed E-state index contributed by atoms with van der Waals surface area (Å²) in [5.41, 5.74) is 8.95. The Balaban J connectivity index is 1.55. The lowest BCUT2D eigenvalue weighted by Gasteiger charge is -2.12. The minimum absolute atomic E-state index is 0.128. The van der Waals surface area contributed by atoms with Gasteiger partial charge in [0.1, 0.15) is 6.33 Å². The van der Waals surface area contributed by atoms with Crippen molar-refractivity contribution in [2.24, 2.45) is 5.73 Å². The number of imide groups is 1. The van der Waals surface area contributed by atoms with Gasteiger partial charge in [-0.05, 0) is 30.5 Å². The first-order valence-corrected chi connectivity index (χ1v) is 9.51. The molecule has 1 aliphatic rings. The molecule has 2 heterocycles. The highest BCUT2D eigenvalue weighted by molar-refractivity contribution is 6.11. The molecule has 1 aromatic carbocycles. The maximum atomic E-state index is 12.8. The van der Waals surface area contributed by atoms with Crippen molar-refractivity contribution in [2.75, 3.05) is 5.32 Å². The summed E-state index contributed by atoms with van der Waals surface area (Å²) in [4.78, 5) is 37.6. The molecule has 0 bridgehead atoms. The maximum absolute atomic E-state index is 12.8. The Labute approximate surface area is 173 Å². The van der Waals surface area contributed by atoms with E-state index in [9.17, 15) is 9.59 Å². The van der Waals surface area contributed by atoms with Crippen molar-refractivity contribution in [2.45, 2.75) is 18.8 Å². The van der Waals surface area contributed by atoms with Crippen LogP contribution >= 0.6 is 0 Å². The van der Waals surface area contributed by atoms with E-state index >= 15 is 0 Å². The third-order valence-electron chi connectivity index (χ3n) is 4.60. The van der Waals surface area contributed by atoms with Gasteiger partial charge < -0.3 is 11.1 Å². The van der Waals surface area contributed by atoms with Crippen molar-refractivity contribution >= 4 is 28.9 Å². The lowest BCUT2D eigenvalue weighted by Crippen LogP contribution is -2.31. The molecule has 1 aliphatic carbocycles. The molecule has 0 atom stereocenters. The van der Waals surface area contributed by atoms with E-state index in [-0.39, 0.29) is 11.4 Å². The number of amides is 2. The Morgan fingerprint density at radius 3 is 2.47 bits per heavy atom. The summed E-state index contributed by atoms with van der Waals surface area (Å²) in [5.74, 6) is -0.872. The Hall–Kier alpha value is -4.07. The molecule has 4 rings (SSSR count). The van der Waals surface area contributed by atoms with Crippen molar-refractivity contribution in [1.82, 2.24) is 20.3 Å². The second-order valence-electron chi connectivity index (χ2n) is 6.94. The van der Waals surface area contributed by atoms with Gasteiger partial charge >= 0.3 is 0 Å². The fourth-order valence-corrected chi connectivity index (χ4v) is 2.94. The summed E-state index contributed by atoms with van der Waals surface area (Å²) in [6.07, 6.45) is 7.85. The first kappa shape index (κ1) is 19.3. The number of aromatic nitrogens is 3. The highest BCUT2D eigenvalue weighted by Crippen LogP contribution is 2.39. The predicted molar refractivity (Wildman–Crippen MR) is 113 cm³/mol. The molecule has 0 spiro atoms. The molecule has 0 saturated heterocycles. The minimum atomic E-state index is -0.617. The number of anilines is 2. The Morgan fingerprint density at radius 1 is 1.03 bits per heavy atom. The standard InChI is InChI=1S/C22H20N6O2/c23-17(14-4-2-1-3-5-14)10-20(29)28-22(30)21-19(26-16-11-24-13-25-12-16)9-8-18(27-21)15-6-7-15/h1-5,8-13,15,26H,6-7,23H2,(H,28,29,30). The molecule has 0 radical (unpaired) electrons. The van der Waals surface area contributed by atoms with Crippen molar-refractivity contribution in [1.29, 1.82) is 0 Å². The molecular formula is C22H20N6O2. The summed E-state index contributed by atoms with van der Waals surface area (Å²) < 4.78 is 0. The smallest absolute Gasteiger partial charge is 0.278 e. The summed E-state index contributed by atoms with van der Waals surface area (Å²) in [6, 6.07) is 12.7. The number of benzene rings is 1. The van der Waals surface area contributed by atoms with E-state index in [0.29, 0.717) is 22.9 Å². The van der Waals surface area contributed by atoms with Crippen LogP contribution in [0.1, 0.15) is 40.5 Å². The Kier molecular flexibility index (Phi) is 5.47. The first-order chi connectivity index (χ1) is 14.6. The number of rotatable bonds is 6. The van der Waals surface area contributed by atoms with E-state index in [1.54, 1.807) is 30.6 Å². The number of carbonyl (C=O) groups excluding carboxylic acids is 2.